The number of hydrogen-bond acceptors (Lipinski definition) is 3. The first-order valence-electron chi connectivity index (χ1n) is 5.68. The number of hydrogen-bond donors (Lipinski definition) is 0. The summed E-state index contributed by atoms with van der Waals surface area (Å²) in [6.45, 7) is 1.20. The first-order valence-corrected chi connectivity index (χ1v) is 7.26. The normalized spacial score (nSPS) is 49.2. The van der Waals surface area contributed by atoms with Gasteiger partial charge in [0, 0.05) is 17.8 Å². The van der Waals surface area contributed by atoms with Gasteiger partial charge in [-0.25, -0.2) is 0 Å². The van der Waals surface area contributed by atoms with Crippen LogP contribution >= 0.6 is 31.9 Å². The van der Waals surface area contributed by atoms with E-state index in [2.05, 4.69) is 44.0 Å². The smallest absolute Gasteiger partial charge is 0.195 e. The molecule has 17 heavy (non-hydrogen) atoms. The molecule has 0 unspecified atom stereocenters. The Hall–Kier alpha value is 0.0300. The van der Waals surface area contributed by atoms with Crippen LogP contribution in [0.3, 0.4) is 0 Å². The average molecular weight is 362 g/mol. The maximum atomic E-state index is 12.2. The minimum atomic E-state index is -0.664. The molecule has 3 aliphatic carbocycles. The van der Waals surface area contributed by atoms with Gasteiger partial charge in [0.2, 0.25) is 0 Å². The van der Waals surface area contributed by atoms with Crippen LogP contribution in [0.5, 0.6) is 0 Å². The van der Waals surface area contributed by atoms with Crippen LogP contribution in [0.25, 0.3) is 0 Å². The third kappa shape index (κ3) is 1.01. The molecule has 4 rings (SSSR count). The molecule has 0 radical (unpaired) electrons. The predicted octanol–water partition coefficient (Wildman–Crippen LogP) is 2.16. The Balaban J connectivity index is 1.89. The zero-order valence-electron chi connectivity index (χ0n) is 8.86. The third-order valence-corrected chi connectivity index (χ3v) is 6.36. The number of ketones is 1. The minimum absolute atomic E-state index is 0.0215. The summed E-state index contributed by atoms with van der Waals surface area (Å²) in [7, 11) is 0. The van der Waals surface area contributed by atoms with E-state index in [-0.39, 0.29) is 23.5 Å². The predicted molar refractivity (Wildman–Crippen MR) is 67.9 cm³/mol. The lowest BCUT2D eigenvalue weighted by Crippen LogP contribution is -2.48. The minimum Gasteiger partial charge on any atom is -0.345 e. The van der Waals surface area contributed by atoms with Gasteiger partial charge in [-0.15, -0.1) is 0 Å². The van der Waals surface area contributed by atoms with Crippen molar-refractivity contribution in [3.05, 3.63) is 22.7 Å². The molecule has 0 N–H and O–H groups in total. The van der Waals surface area contributed by atoms with Crippen molar-refractivity contribution in [3.8, 4) is 0 Å². The number of carbonyl (C=O) groups is 1. The lowest BCUT2D eigenvalue weighted by Gasteiger charge is -2.35. The monoisotopic (exact) mass is 360 g/mol. The molecular weight excluding hydrogens is 352 g/mol. The number of carbonyl (C=O) groups excluding carboxylic acids is 1. The van der Waals surface area contributed by atoms with Gasteiger partial charge >= 0.3 is 0 Å². The van der Waals surface area contributed by atoms with Crippen LogP contribution < -0.4 is 0 Å². The SMILES string of the molecule is O=C1C(Br)=C[C@@H]2[C@@H]1[C@@H]1C=C[C@@]2(Br)C12OCCO2. The maximum absolute atomic E-state index is 12.2. The highest BCUT2D eigenvalue weighted by atomic mass is 79.9. The van der Waals surface area contributed by atoms with Crippen LogP contribution in [-0.2, 0) is 14.3 Å². The van der Waals surface area contributed by atoms with E-state index in [0.717, 1.165) is 0 Å². The van der Waals surface area contributed by atoms with Crippen molar-refractivity contribution >= 4 is 37.6 Å². The molecule has 5 heteroatoms. The Bertz CT molecular complexity index is 478. The van der Waals surface area contributed by atoms with Crippen molar-refractivity contribution in [3.63, 3.8) is 0 Å². The van der Waals surface area contributed by atoms with Crippen molar-refractivity contribution in [1.29, 1.82) is 0 Å². The van der Waals surface area contributed by atoms with Gasteiger partial charge < -0.3 is 9.47 Å². The van der Waals surface area contributed by atoms with Gasteiger partial charge in [0.05, 0.1) is 17.7 Å². The van der Waals surface area contributed by atoms with Crippen LogP contribution in [0, 0.1) is 17.8 Å². The summed E-state index contributed by atoms with van der Waals surface area (Å²) in [5.74, 6) is -0.399. The van der Waals surface area contributed by atoms with Gasteiger partial charge in [-0.2, -0.15) is 0 Å². The quantitative estimate of drug-likeness (QED) is 0.490. The van der Waals surface area contributed by atoms with Crippen molar-refractivity contribution in [2.24, 2.45) is 17.8 Å². The molecule has 4 atom stereocenters. The Morgan fingerprint density at radius 3 is 2.65 bits per heavy atom. The van der Waals surface area contributed by atoms with Crippen LogP contribution in [0.15, 0.2) is 22.7 Å². The van der Waals surface area contributed by atoms with E-state index in [9.17, 15) is 4.79 Å². The number of fused-ring (bicyclic) bond motifs is 3. The average Bonchev–Trinajstić information content (AvgIpc) is 2.99. The zero-order chi connectivity index (χ0) is 11.8. The van der Waals surface area contributed by atoms with E-state index in [0.29, 0.717) is 17.7 Å². The Morgan fingerprint density at radius 2 is 2.00 bits per heavy atom. The number of rotatable bonds is 0. The molecule has 3 nitrogen and oxygen atoms in total. The van der Waals surface area contributed by atoms with E-state index >= 15 is 0 Å². The fraction of sp³-hybridized carbons (Fsp3) is 0.583. The van der Waals surface area contributed by atoms with Crippen molar-refractivity contribution in [2.75, 3.05) is 13.2 Å². The molecule has 1 aliphatic heterocycles. The topological polar surface area (TPSA) is 35.5 Å². The molecule has 0 aromatic heterocycles. The largest absolute Gasteiger partial charge is 0.345 e. The molecule has 2 bridgehead atoms. The van der Waals surface area contributed by atoms with E-state index in [1.807, 2.05) is 6.08 Å². The molecular formula is C12H10Br2O3. The summed E-state index contributed by atoms with van der Waals surface area (Å²) < 4.78 is 12.1. The van der Waals surface area contributed by atoms with Crippen molar-refractivity contribution < 1.29 is 14.3 Å². The van der Waals surface area contributed by atoms with Crippen molar-refractivity contribution in [1.82, 2.24) is 0 Å². The fourth-order valence-electron chi connectivity index (χ4n) is 3.72. The maximum Gasteiger partial charge on any atom is 0.195 e. The second kappa shape index (κ2) is 3.13. The molecule has 1 saturated heterocycles. The summed E-state index contributed by atoms with van der Waals surface area (Å²) in [5, 5.41) is 0. The third-order valence-electron chi connectivity index (χ3n) is 4.36. The van der Waals surface area contributed by atoms with Gasteiger partial charge in [-0.3, -0.25) is 4.79 Å². The van der Waals surface area contributed by atoms with Gasteiger partial charge in [0.15, 0.2) is 11.6 Å². The Labute approximate surface area is 115 Å². The first kappa shape index (κ1) is 10.9. The highest BCUT2D eigenvalue weighted by Crippen LogP contribution is 2.67. The molecule has 0 amide bonds. The van der Waals surface area contributed by atoms with E-state index in [1.165, 1.54) is 0 Å². The molecule has 90 valence electrons. The summed E-state index contributed by atoms with van der Waals surface area (Å²) in [6.07, 6.45) is 6.16. The van der Waals surface area contributed by atoms with Gasteiger partial charge in [-0.05, 0) is 15.9 Å². The van der Waals surface area contributed by atoms with Crippen LogP contribution in [-0.4, -0.2) is 29.1 Å². The van der Waals surface area contributed by atoms with Crippen molar-refractivity contribution in [2.45, 2.75) is 10.1 Å². The Morgan fingerprint density at radius 1 is 1.29 bits per heavy atom. The van der Waals surface area contributed by atoms with Gasteiger partial charge in [-0.1, -0.05) is 34.2 Å². The molecule has 2 fully saturated rings. The van der Waals surface area contributed by atoms with E-state index < -0.39 is 10.1 Å². The Kier molecular flexibility index (Phi) is 2.01. The van der Waals surface area contributed by atoms with Crippen LogP contribution in [0.1, 0.15) is 0 Å². The number of allylic oxidation sites excluding steroid dienone is 2. The second-order valence-corrected chi connectivity index (χ2v) is 7.11. The number of ether oxygens (including phenoxy) is 2. The summed E-state index contributed by atoms with van der Waals surface area (Å²) in [5.41, 5.74) is 0. The summed E-state index contributed by atoms with van der Waals surface area (Å²) in [4.78, 5) is 12.2. The van der Waals surface area contributed by atoms with Crippen LogP contribution in [0.2, 0.25) is 0 Å². The van der Waals surface area contributed by atoms with Gasteiger partial charge in [0.25, 0.3) is 0 Å². The molecule has 1 heterocycles. The van der Waals surface area contributed by atoms with E-state index in [1.54, 1.807) is 0 Å². The highest BCUT2D eigenvalue weighted by molar-refractivity contribution is 9.12. The lowest BCUT2D eigenvalue weighted by atomic mass is 9.85. The first-order chi connectivity index (χ1) is 8.10. The summed E-state index contributed by atoms with van der Waals surface area (Å²) in [6, 6.07) is 0. The summed E-state index contributed by atoms with van der Waals surface area (Å²) >= 11 is 7.12. The molecule has 0 aromatic rings. The molecule has 0 aromatic carbocycles. The number of halogens is 2. The zero-order valence-corrected chi connectivity index (χ0v) is 12.0. The fourth-order valence-corrected chi connectivity index (χ4v) is 5.33. The lowest BCUT2D eigenvalue weighted by molar-refractivity contribution is -0.177. The van der Waals surface area contributed by atoms with Crippen LogP contribution in [0.4, 0.5) is 0 Å². The second-order valence-electron chi connectivity index (χ2n) is 4.95. The standard InChI is InChI=1S/C12H10Br2O3/c13-8-5-7-9(10(8)15)6-1-2-11(7,14)12(6)16-3-4-17-12/h1-2,5-7,9H,3-4H2/t6-,7+,9-,11-/m0/s1. The molecule has 1 spiro atoms. The molecule has 1 saturated carbocycles. The number of Topliss-reactive ketones (excluding diaryl/α,β-unsaturated/α-hetero) is 1. The number of alkyl halides is 1. The molecule has 4 aliphatic rings. The highest BCUT2D eigenvalue weighted by Gasteiger charge is 2.75. The van der Waals surface area contributed by atoms with Gasteiger partial charge in [0.1, 0.15) is 4.32 Å². The van der Waals surface area contributed by atoms with E-state index in [4.69, 9.17) is 9.47 Å².